The second-order valence-corrected chi connectivity index (χ2v) is 7.20. The summed E-state index contributed by atoms with van der Waals surface area (Å²) in [5.74, 6) is -1.51. The number of carbonyl (C=O) groups excluding carboxylic acids is 3. The van der Waals surface area contributed by atoms with Crippen LogP contribution >= 0.6 is 11.3 Å². The molecule has 0 aliphatic carbocycles. The van der Waals surface area contributed by atoms with E-state index in [4.69, 9.17) is 10.5 Å². The number of nitrogens with two attached hydrogens (primary N) is 1. The van der Waals surface area contributed by atoms with Crippen LogP contribution in [0, 0.1) is 6.92 Å². The van der Waals surface area contributed by atoms with Crippen LogP contribution in [-0.4, -0.2) is 42.4 Å². The number of esters is 1. The van der Waals surface area contributed by atoms with E-state index in [1.165, 1.54) is 0 Å². The predicted octanol–water partition coefficient (Wildman–Crippen LogP) is 2.79. The number of amides is 2. The van der Waals surface area contributed by atoms with Gasteiger partial charge in [0.05, 0.1) is 23.6 Å². The van der Waals surface area contributed by atoms with E-state index in [1.807, 2.05) is 42.2 Å². The number of ether oxygens (including phenoxy) is 1. The van der Waals surface area contributed by atoms with Crippen LogP contribution < -0.4 is 11.1 Å². The number of thiophene rings is 1. The summed E-state index contributed by atoms with van der Waals surface area (Å²) in [5, 5.41) is 3.03. The lowest BCUT2D eigenvalue weighted by Gasteiger charge is -2.19. The largest absolute Gasteiger partial charge is 0.462 e. The average Bonchev–Trinajstić information content (AvgIpc) is 2.98. The monoisotopic (exact) mass is 403 g/mol. The summed E-state index contributed by atoms with van der Waals surface area (Å²) in [6.07, 6.45) is 0. The van der Waals surface area contributed by atoms with Gasteiger partial charge >= 0.3 is 5.97 Å². The van der Waals surface area contributed by atoms with Crippen molar-refractivity contribution in [3.05, 3.63) is 51.9 Å². The Morgan fingerprint density at radius 1 is 1.18 bits per heavy atom. The smallest absolute Gasteiger partial charge is 0.341 e. The van der Waals surface area contributed by atoms with Crippen LogP contribution in [0.25, 0.3) is 0 Å². The van der Waals surface area contributed by atoms with E-state index < -0.39 is 11.9 Å². The van der Waals surface area contributed by atoms with Crippen molar-refractivity contribution < 1.29 is 19.1 Å². The Bertz CT molecular complexity index is 849. The van der Waals surface area contributed by atoms with E-state index in [0.29, 0.717) is 18.7 Å². The number of nitrogens with zero attached hydrogens (tertiary/aromatic N) is 1. The maximum absolute atomic E-state index is 12.6. The Morgan fingerprint density at radius 2 is 1.86 bits per heavy atom. The van der Waals surface area contributed by atoms with E-state index >= 15 is 0 Å². The van der Waals surface area contributed by atoms with Crippen molar-refractivity contribution in [1.29, 1.82) is 0 Å². The van der Waals surface area contributed by atoms with E-state index in [-0.39, 0.29) is 34.5 Å². The molecule has 0 unspecified atom stereocenters. The van der Waals surface area contributed by atoms with Gasteiger partial charge in [-0.25, -0.2) is 4.79 Å². The molecule has 28 heavy (non-hydrogen) atoms. The Hall–Kier alpha value is -2.71. The molecule has 8 heteroatoms. The summed E-state index contributed by atoms with van der Waals surface area (Å²) in [7, 11) is 0. The third kappa shape index (κ3) is 5.40. The van der Waals surface area contributed by atoms with Crippen molar-refractivity contribution in [2.75, 3.05) is 25.0 Å². The second-order valence-electron chi connectivity index (χ2n) is 6.18. The molecule has 1 aromatic carbocycles. The molecule has 0 bridgehead atoms. The molecule has 0 aliphatic rings. The van der Waals surface area contributed by atoms with Crippen LogP contribution in [-0.2, 0) is 16.1 Å². The maximum atomic E-state index is 12.6. The van der Waals surface area contributed by atoms with Crippen LogP contribution in [0.3, 0.4) is 0 Å². The van der Waals surface area contributed by atoms with Gasteiger partial charge in [-0.1, -0.05) is 37.3 Å². The van der Waals surface area contributed by atoms with E-state index in [1.54, 1.807) is 13.8 Å². The highest BCUT2D eigenvalue weighted by molar-refractivity contribution is 7.18. The number of likely N-dealkylation sites (N-methyl/N-ethyl adjacent to an activating group) is 1. The zero-order chi connectivity index (χ0) is 20.7. The van der Waals surface area contributed by atoms with Gasteiger partial charge in [0.25, 0.3) is 5.91 Å². The third-order valence-electron chi connectivity index (χ3n) is 4.17. The van der Waals surface area contributed by atoms with Crippen LogP contribution in [0.2, 0.25) is 0 Å². The van der Waals surface area contributed by atoms with Gasteiger partial charge in [0.2, 0.25) is 5.91 Å². The Labute approximate surface area is 168 Å². The number of rotatable bonds is 9. The Kier molecular flexibility index (Phi) is 7.71. The lowest BCUT2D eigenvalue weighted by atomic mass is 10.1. The summed E-state index contributed by atoms with van der Waals surface area (Å²) < 4.78 is 5.06. The van der Waals surface area contributed by atoms with Crippen LogP contribution in [0.1, 0.15) is 45.0 Å². The number of primary amides is 1. The number of hydrogen-bond acceptors (Lipinski definition) is 6. The number of benzene rings is 1. The fraction of sp³-hybridized carbons (Fsp3) is 0.350. The van der Waals surface area contributed by atoms with Crippen LogP contribution in [0.4, 0.5) is 5.00 Å². The quantitative estimate of drug-likeness (QED) is 0.627. The molecule has 0 saturated heterocycles. The molecular weight excluding hydrogens is 378 g/mol. The summed E-state index contributed by atoms with van der Waals surface area (Å²) >= 11 is 0.990. The SMILES string of the molecule is CCOC(=O)c1c(NC(=O)CN(CC)Cc2ccccc2)sc(C(N)=O)c1C. The van der Waals surface area contributed by atoms with Gasteiger partial charge in [0.15, 0.2) is 0 Å². The van der Waals surface area contributed by atoms with Crippen molar-refractivity contribution >= 4 is 34.1 Å². The predicted molar refractivity (Wildman–Crippen MR) is 110 cm³/mol. The fourth-order valence-electron chi connectivity index (χ4n) is 2.78. The molecule has 0 aliphatic heterocycles. The molecule has 1 heterocycles. The average molecular weight is 404 g/mol. The minimum Gasteiger partial charge on any atom is -0.462 e. The molecule has 2 amide bonds. The van der Waals surface area contributed by atoms with Crippen molar-refractivity contribution in [2.24, 2.45) is 5.73 Å². The summed E-state index contributed by atoms with van der Waals surface area (Å²) in [4.78, 5) is 38.7. The van der Waals surface area contributed by atoms with Crippen LogP contribution in [0.5, 0.6) is 0 Å². The van der Waals surface area contributed by atoms with E-state index in [2.05, 4.69) is 5.32 Å². The van der Waals surface area contributed by atoms with Gasteiger partial charge in [0, 0.05) is 6.54 Å². The molecule has 1 aromatic heterocycles. The molecule has 150 valence electrons. The van der Waals surface area contributed by atoms with E-state index in [0.717, 1.165) is 16.9 Å². The number of anilines is 1. The highest BCUT2D eigenvalue weighted by Gasteiger charge is 2.26. The van der Waals surface area contributed by atoms with E-state index in [9.17, 15) is 14.4 Å². The summed E-state index contributed by atoms with van der Waals surface area (Å²) in [5.41, 5.74) is 7.09. The van der Waals surface area contributed by atoms with Gasteiger partial charge in [-0.15, -0.1) is 11.3 Å². The summed E-state index contributed by atoms with van der Waals surface area (Å²) in [6.45, 7) is 6.93. The molecule has 0 fully saturated rings. The van der Waals surface area contributed by atoms with Gasteiger partial charge < -0.3 is 15.8 Å². The van der Waals surface area contributed by atoms with Gasteiger partial charge in [-0.05, 0) is 31.5 Å². The zero-order valence-electron chi connectivity index (χ0n) is 16.3. The lowest BCUT2D eigenvalue weighted by molar-refractivity contribution is -0.117. The Balaban J connectivity index is 2.16. The second kappa shape index (κ2) is 10.0. The van der Waals surface area contributed by atoms with Crippen LogP contribution in [0.15, 0.2) is 30.3 Å². The minimum absolute atomic E-state index is 0.149. The van der Waals surface area contributed by atoms with Crippen molar-refractivity contribution in [1.82, 2.24) is 4.90 Å². The topological polar surface area (TPSA) is 102 Å². The summed E-state index contributed by atoms with van der Waals surface area (Å²) in [6, 6.07) is 9.85. The fourth-order valence-corrected chi connectivity index (χ4v) is 3.84. The van der Waals surface area contributed by atoms with Gasteiger partial charge in [0.1, 0.15) is 5.00 Å². The van der Waals surface area contributed by atoms with Gasteiger partial charge in [-0.3, -0.25) is 14.5 Å². The first kappa shape index (κ1) is 21.6. The highest BCUT2D eigenvalue weighted by atomic mass is 32.1. The molecular formula is C20H25N3O4S. The molecule has 2 aromatic rings. The zero-order valence-corrected chi connectivity index (χ0v) is 17.1. The third-order valence-corrected chi connectivity index (χ3v) is 5.39. The van der Waals surface area contributed by atoms with Gasteiger partial charge in [-0.2, -0.15) is 0 Å². The maximum Gasteiger partial charge on any atom is 0.341 e. The molecule has 0 spiro atoms. The van der Waals surface area contributed by atoms with Crippen molar-refractivity contribution in [2.45, 2.75) is 27.3 Å². The molecule has 7 nitrogen and oxygen atoms in total. The molecule has 0 atom stereocenters. The Morgan fingerprint density at radius 3 is 2.43 bits per heavy atom. The number of carbonyl (C=O) groups is 3. The first-order valence-electron chi connectivity index (χ1n) is 9.03. The normalized spacial score (nSPS) is 10.7. The molecule has 3 N–H and O–H groups in total. The lowest BCUT2D eigenvalue weighted by Crippen LogP contribution is -2.32. The standard InChI is InChI=1S/C20H25N3O4S/c1-4-23(11-14-9-7-6-8-10-14)12-15(24)22-19-16(20(26)27-5-2)13(3)17(28-19)18(21)25/h6-10H,4-5,11-12H2,1-3H3,(H2,21,25)(H,22,24). The first-order valence-corrected chi connectivity index (χ1v) is 9.85. The number of nitrogens with one attached hydrogen (secondary N) is 1. The van der Waals surface area contributed by atoms with Crippen molar-refractivity contribution in [3.8, 4) is 0 Å². The highest BCUT2D eigenvalue weighted by Crippen LogP contribution is 2.33. The molecule has 0 radical (unpaired) electrons. The molecule has 2 rings (SSSR count). The minimum atomic E-state index is -0.646. The molecule has 0 saturated carbocycles. The number of hydrogen-bond donors (Lipinski definition) is 2. The van der Waals surface area contributed by atoms with Crippen molar-refractivity contribution in [3.63, 3.8) is 0 Å². The first-order chi connectivity index (χ1) is 13.4.